The fourth-order valence-corrected chi connectivity index (χ4v) is 2.93. The van der Waals surface area contributed by atoms with Crippen molar-refractivity contribution >= 4 is 22.6 Å². The predicted molar refractivity (Wildman–Crippen MR) is 111 cm³/mol. The van der Waals surface area contributed by atoms with Crippen molar-refractivity contribution in [2.75, 3.05) is 18.5 Å². The maximum absolute atomic E-state index is 12.2. The number of pyridine rings is 1. The van der Waals surface area contributed by atoms with Gasteiger partial charge in [-0.3, -0.25) is 9.36 Å². The van der Waals surface area contributed by atoms with Gasteiger partial charge in [-0.05, 0) is 43.3 Å². The van der Waals surface area contributed by atoms with Crippen molar-refractivity contribution in [3.8, 4) is 17.3 Å². The minimum atomic E-state index is -0.279. The molecule has 7 heteroatoms. The van der Waals surface area contributed by atoms with Crippen LogP contribution in [-0.2, 0) is 4.79 Å². The topological polar surface area (TPSA) is 78.3 Å². The highest BCUT2D eigenvalue weighted by Gasteiger charge is 2.09. The van der Waals surface area contributed by atoms with Gasteiger partial charge in [0.05, 0.1) is 29.5 Å². The van der Waals surface area contributed by atoms with E-state index in [0.717, 1.165) is 16.9 Å². The van der Waals surface area contributed by atoms with E-state index in [1.165, 1.54) is 0 Å². The average Bonchev–Trinajstić information content (AvgIpc) is 3.18. The Morgan fingerprint density at radius 1 is 0.966 bits per heavy atom. The molecule has 29 heavy (non-hydrogen) atoms. The summed E-state index contributed by atoms with van der Waals surface area (Å²) in [6.45, 7) is 2.29. The first-order valence-electron chi connectivity index (χ1n) is 9.27. The summed E-state index contributed by atoms with van der Waals surface area (Å²) >= 11 is 0. The molecule has 0 aliphatic heterocycles. The predicted octanol–water partition coefficient (Wildman–Crippen LogP) is 3.84. The summed E-state index contributed by atoms with van der Waals surface area (Å²) in [6, 6.07) is 18.7. The molecule has 0 saturated carbocycles. The van der Waals surface area contributed by atoms with Crippen LogP contribution in [-0.4, -0.2) is 33.7 Å². The lowest BCUT2D eigenvalue weighted by Crippen LogP contribution is -2.20. The number of imidazole rings is 1. The number of carbonyl (C=O) groups is 1. The second-order valence-corrected chi connectivity index (χ2v) is 6.22. The van der Waals surface area contributed by atoms with Gasteiger partial charge in [0, 0.05) is 0 Å². The lowest BCUT2D eigenvalue weighted by Gasteiger charge is -2.11. The zero-order valence-corrected chi connectivity index (χ0v) is 15.9. The Labute approximate surface area is 167 Å². The lowest BCUT2D eigenvalue weighted by molar-refractivity contribution is -0.118. The van der Waals surface area contributed by atoms with E-state index in [1.54, 1.807) is 30.7 Å². The van der Waals surface area contributed by atoms with Crippen LogP contribution in [0.2, 0.25) is 0 Å². The summed E-state index contributed by atoms with van der Waals surface area (Å²) in [5.74, 6) is 1.59. The van der Waals surface area contributed by atoms with E-state index >= 15 is 0 Å². The minimum Gasteiger partial charge on any atom is -0.490 e. The lowest BCUT2D eigenvalue weighted by atomic mass is 10.3. The van der Waals surface area contributed by atoms with Gasteiger partial charge in [0.1, 0.15) is 12.1 Å². The van der Waals surface area contributed by atoms with Crippen molar-refractivity contribution in [1.29, 1.82) is 0 Å². The number of para-hydroxylation sites is 4. The number of aromatic nitrogens is 3. The van der Waals surface area contributed by atoms with Crippen LogP contribution >= 0.6 is 0 Å². The molecule has 1 amide bonds. The Bertz CT molecular complexity index is 1120. The summed E-state index contributed by atoms with van der Waals surface area (Å²) in [5.41, 5.74) is 2.46. The molecule has 0 bridgehead atoms. The largest absolute Gasteiger partial charge is 0.490 e. The number of fused-ring (bicyclic) bond motifs is 1. The van der Waals surface area contributed by atoms with Gasteiger partial charge in [0.25, 0.3) is 5.91 Å². The van der Waals surface area contributed by atoms with Gasteiger partial charge < -0.3 is 14.8 Å². The molecule has 4 aromatic rings. The number of nitrogens with zero attached hydrogens (tertiary/aromatic N) is 3. The van der Waals surface area contributed by atoms with Crippen LogP contribution in [0.3, 0.4) is 0 Å². The second-order valence-electron chi connectivity index (χ2n) is 6.22. The molecule has 0 radical (unpaired) electrons. The van der Waals surface area contributed by atoms with Gasteiger partial charge in [-0.25, -0.2) is 9.97 Å². The third-order valence-electron chi connectivity index (χ3n) is 4.24. The summed E-state index contributed by atoms with van der Waals surface area (Å²) in [5, 5.41) is 2.78. The number of rotatable bonds is 7. The Morgan fingerprint density at radius 3 is 2.48 bits per heavy atom. The average molecular weight is 388 g/mol. The smallest absolute Gasteiger partial charge is 0.262 e. The van der Waals surface area contributed by atoms with Gasteiger partial charge in [-0.15, -0.1) is 0 Å². The van der Waals surface area contributed by atoms with Crippen LogP contribution in [0.5, 0.6) is 11.5 Å². The molecular formula is C22H20N4O3. The van der Waals surface area contributed by atoms with Crippen molar-refractivity contribution in [3.63, 3.8) is 0 Å². The number of nitrogens with one attached hydrogen (secondary N) is 1. The number of amides is 1. The van der Waals surface area contributed by atoms with Crippen molar-refractivity contribution in [1.82, 2.24) is 14.5 Å². The quantitative estimate of drug-likeness (QED) is 0.520. The highest BCUT2D eigenvalue weighted by atomic mass is 16.5. The van der Waals surface area contributed by atoms with Crippen LogP contribution < -0.4 is 14.8 Å². The first-order chi connectivity index (χ1) is 14.2. The van der Waals surface area contributed by atoms with E-state index in [1.807, 2.05) is 54.0 Å². The van der Waals surface area contributed by atoms with Gasteiger partial charge in [-0.1, -0.05) is 24.3 Å². The molecule has 0 saturated heterocycles. The zero-order chi connectivity index (χ0) is 20.1. The number of hydrogen-bond donors (Lipinski definition) is 1. The van der Waals surface area contributed by atoms with E-state index < -0.39 is 0 Å². The third kappa shape index (κ3) is 4.19. The van der Waals surface area contributed by atoms with Crippen molar-refractivity contribution in [2.24, 2.45) is 0 Å². The molecule has 0 fully saturated rings. The molecule has 0 aliphatic rings. The SMILES string of the molecule is CCOc1ccccc1OCC(=O)Nc1ccc(-n2cnc3ccccc32)nc1. The monoisotopic (exact) mass is 388 g/mol. The highest BCUT2D eigenvalue weighted by Crippen LogP contribution is 2.26. The molecule has 2 aromatic heterocycles. The Hall–Kier alpha value is -3.87. The molecule has 2 aromatic carbocycles. The van der Waals surface area contributed by atoms with E-state index in [9.17, 15) is 4.79 Å². The van der Waals surface area contributed by atoms with Gasteiger partial charge in [-0.2, -0.15) is 0 Å². The minimum absolute atomic E-state index is 0.127. The summed E-state index contributed by atoms with van der Waals surface area (Å²) in [6.07, 6.45) is 3.34. The fourth-order valence-electron chi connectivity index (χ4n) is 2.93. The third-order valence-corrected chi connectivity index (χ3v) is 4.24. The number of ether oxygens (including phenoxy) is 2. The number of hydrogen-bond acceptors (Lipinski definition) is 5. The van der Waals surface area contributed by atoms with E-state index in [-0.39, 0.29) is 12.5 Å². The zero-order valence-electron chi connectivity index (χ0n) is 15.9. The summed E-state index contributed by atoms with van der Waals surface area (Å²) < 4.78 is 13.0. The molecule has 0 unspecified atom stereocenters. The van der Waals surface area contributed by atoms with Crippen molar-refractivity contribution in [2.45, 2.75) is 6.92 Å². The standard InChI is InChI=1S/C22H20N4O3/c1-2-28-19-9-5-6-10-20(19)29-14-22(27)25-16-11-12-21(23-13-16)26-15-24-17-7-3-4-8-18(17)26/h3-13,15H,2,14H2,1H3,(H,25,27). The molecule has 4 rings (SSSR count). The molecule has 2 heterocycles. The Balaban J connectivity index is 1.39. The molecule has 0 aliphatic carbocycles. The molecule has 0 atom stereocenters. The van der Waals surface area contributed by atoms with Crippen molar-refractivity contribution < 1.29 is 14.3 Å². The van der Waals surface area contributed by atoms with Gasteiger partial charge >= 0.3 is 0 Å². The maximum atomic E-state index is 12.2. The Kier molecular flexibility index (Phi) is 5.38. The van der Waals surface area contributed by atoms with Crippen LogP contribution in [0.4, 0.5) is 5.69 Å². The summed E-state index contributed by atoms with van der Waals surface area (Å²) in [4.78, 5) is 21.0. The summed E-state index contributed by atoms with van der Waals surface area (Å²) in [7, 11) is 0. The van der Waals surface area contributed by atoms with Crippen molar-refractivity contribution in [3.05, 3.63) is 73.2 Å². The molecule has 0 spiro atoms. The first kappa shape index (κ1) is 18.5. The first-order valence-corrected chi connectivity index (χ1v) is 9.27. The molecular weight excluding hydrogens is 368 g/mol. The van der Waals surface area contributed by atoms with E-state index in [0.29, 0.717) is 23.8 Å². The van der Waals surface area contributed by atoms with E-state index in [2.05, 4.69) is 15.3 Å². The van der Waals surface area contributed by atoms with Gasteiger partial charge in [0.2, 0.25) is 0 Å². The molecule has 7 nitrogen and oxygen atoms in total. The van der Waals surface area contributed by atoms with Crippen LogP contribution in [0.25, 0.3) is 16.9 Å². The van der Waals surface area contributed by atoms with Crippen LogP contribution in [0.15, 0.2) is 73.2 Å². The molecule has 146 valence electrons. The molecule has 1 N–H and O–H groups in total. The number of benzene rings is 2. The normalized spacial score (nSPS) is 10.7. The number of carbonyl (C=O) groups excluding carboxylic acids is 1. The fraction of sp³-hybridized carbons (Fsp3) is 0.136. The number of anilines is 1. The highest BCUT2D eigenvalue weighted by molar-refractivity contribution is 5.91. The second kappa shape index (κ2) is 8.43. The maximum Gasteiger partial charge on any atom is 0.262 e. The van der Waals surface area contributed by atoms with E-state index in [4.69, 9.17) is 9.47 Å². The Morgan fingerprint density at radius 2 is 1.72 bits per heavy atom. The van der Waals surface area contributed by atoms with Gasteiger partial charge in [0.15, 0.2) is 18.1 Å². The van der Waals surface area contributed by atoms with Crippen LogP contribution in [0, 0.1) is 0 Å². The van der Waals surface area contributed by atoms with Crippen LogP contribution in [0.1, 0.15) is 6.92 Å².